The number of aromatic nitrogens is 2. The van der Waals surface area contributed by atoms with Gasteiger partial charge in [-0.2, -0.15) is 5.10 Å². The van der Waals surface area contributed by atoms with Crippen LogP contribution in [0.5, 0.6) is 0 Å². The summed E-state index contributed by atoms with van der Waals surface area (Å²) >= 11 is 0. The maximum absolute atomic E-state index is 5.87. The molecule has 1 unspecified atom stereocenters. The molecule has 0 N–H and O–H groups in total. The zero-order chi connectivity index (χ0) is 16.3. The van der Waals surface area contributed by atoms with Crippen LogP contribution in [0.15, 0.2) is 42.7 Å². The highest BCUT2D eigenvalue weighted by atomic mass is 16.5. The van der Waals surface area contributed by atoms with Gasteiger partial charge in [-0.15, -0.1) is 0 Å². The zero-order valence-electron chi connectivity index (χ0n) is 14.4. The first kappa shape index (κ1) is 16.2. The fourth-order valence-corrected chi connectivity index (χ4v) is 3.46. The lowest BCUT2D eigenvalue weighted by molar-refractivity contribution is -0.0838. The van der Waals surface area contributed by atoms with Crippen molar-refractivity contribution >= 4 is 0 Å². The maximum atomic E-state index is 5.87. The summed E-state index contributed by atoms with van der Waals surface area (Å²) in [5.74, 6) is 0. The average molecular weight is 313 g/mol. The first-order chi connectivity index (χ1) is 11.1. The number of rotatable bonds is 5. The Hall–Kier alpha value is -1.65. The topological polar surface area (TPSA) is 30.3 Å². The summed E-state index contributed by atoms with van der Waals surface area (Å²) in [4.78, 5) is 2.58. The molecule has 0 spiro atoms. The Morgan fingerprint density at radius 2 is 2.22 bits per heavy atom. The summed E-state index contributed by atoms with van der Waals surface area (Å²) in [5, 5.41) is 4.32. The minimum absolute atomic E-state index is 0.00670. The standard InChI is InChI=1S/C19H27N3O/c1-4-21(18-9-12-23-19(2,3)14-18)15-16-7-5-8-17(13-16)22-11-6-10-20-22/h5-8,10-11,13,18H,4,9,12,14-15H2,1-3H3. The Bertz CT molecular complexity index is 621. The second kappa shape index (κ2) is 6.85. The van der Waals surface area contributed by atoms with Crippen LogP contribution in [0.4, 0.5) is 0 Å². The number of benzene rings is 1. The van der Waals surface area contributed by atoms with Gasteiger partial charge in [-0.05, 0) is 57.0 Å². The summed E-state index contributed by atoms with van der Waals surface area (Å²) in [7, 11) is 0. The second-order valence-corrected chi connectivity index (χ2v) is 6.94. The lowest BCUT2D eigenvalue weighted by Gasteiger charge is -2.41. The van der Waals surface area contributed by atoms with E-state index in [1.54, 1.807) is 0 Å². The van der Waals surface area contributed by atoms with Crippen molar-refractivity contribution in [3.05, 3.63) is 48.3 Å². The zero-order valence-corrected chi connectivity index (χ0v) is 14.4. The maximum Gasteiger partial charge on any atom is 0.0648 e. The van der Waals surface area contributed by atoms with Gasteiger partial charge in [0.05, 0.1) is 11.3 Å². The first-order valence-electron chi connectivity index (χ1n) is 8.54. The van der Waals surface area contributed by atoms with Crippen LogP contribution in [-0.2, 0) is 11.3 Å². The number of ether oxygens (including phenoxy) is 1. The minimum atomic E-state index is -0.00670. The Morgan fingerprint density at radius 1 is 1.35 bits per heavy atom. The van der Waals surface area contributed by atoms with E-state index in [-0.39, 0.29) is 5.60 Å². The molecule has 2 aromatic rings. The molecule has 1 fully saturated rings. The SMILES string of the molecule is CCN(Cc1cccc(-n2cccn2)c1)C1CCOC(C)(C)C1. The molecular weight excluding hydrogens is 286 g/mol. The summed E-state index contributed by atoms with van der Waals surface area (Å²) in [5.41, 5.74) is 2.45. The van der Waals surface area contributed by atoms with Crippen molar-refractivity contribution in [2.24, 2.45) is 0 Å². The molecule has 0 saturated carbocycles. The van der Waals surface area contributed by atoms with Gasteiger partial charge in [-0.1, -0.05) is 19.1 Å². The van der Waals surface area contributed by atoms with Crippen molar-refractivity contribution in [1.29, 1.82) is 0 Å². The van der Waals surface area contributed by atoms with E-state index >= 15 is 0 Å². The van der Waals surface area contributed by atoms with Gasteiger partial charge in [0.25, 0.3) is 0 Å². The lowest BCUT2D eigenvalue weighted by atomic mass is 9.92. The van der Waals surface area contributed by atoms with Gasteiger partial charge in [-0.3, -0.25) is 4.90 Å². The molecule has 4 nitrogen and oxygen atoms in total. The van der Waals surface area contributed by atoms with Crippen molar-refractivity contribution in [3.8, 4) is 5.69 Å². The number of nitrogens with zero attached hydrogens (tertiary/aromatic N) is 3. The van der Waals surface area contributed by atoms with Crippen LogP contribution in [0.2, 0.25) is 0 Å². The molecule has 124 valence electrons. The predicted octanol–water partition coefficient (Wildman–Crippen LogP) is 3.65. The summed E-state index contributed by atoms with van der Waals surface area (Å²) in [6.45, 7) is 9.55. The third kappa shape index (κ3) is 4.01. The van der Waals surface area contributed by atoms with E-state index in [1.807, 2.05) is 23.1 Å². The van der Waals surface area contributed by atoms with E-state index in [0.29, 0.717) is 6.04 Å². The van der Waals surface area contributed by atoms with E-state index < -0.39 is 0 Å². The third-order valence-corrected chi connectivity index (χ3v) is 4.66. The Kier molecular flexibility index (Phi) is 4.83. The van der Waals surface area contributed by atoms with E-state index in [1.165, 1.54) is 5.56 Å². The molecule has 1 aromatic carbocycles. The minimum Gasteiger partial charge on any atom is -0.375 e. The van der Waals surface area contributed by atoms with Crippen LogP contribution in [0.25, 0.3) is 5.69 Å². The van der Waals surface area contributed by atoms with Crippen molar-refractivity contribution in [1.82, 2.24) is 14.7 Å². The molecule has 0 radical (unpaired) electrons. The van der Waals surface area contributed by atoms with Crippen molar-refractivity contribution < 1.29 is 4.74 Å². The Morgan fingerprint density at radius 3 is 2.91 bits per heavy atom. The van der Waals surface area contributed by atoms with Gasteiger partial charge in [0.15, 0.2) is 0 Å². The third-order valence-electron chi connectivity index (χ3n) is 4.66. The summed E-state index contributed by atoms with van der Waals surface area (Å²) in [6.07, 6.45) is 6.02. The normalized spacial score (nSPS) is 20.8. The van der Waals surface area contributed by atoms with Crippen molar-refractivity contribution in [3.63, 3.8) is 0 Å². The lowest BCUT2D eigenvalue weighted by Crippen LogP contribution is -2.45. The molecular formula is C19H27N3O. The highest BCUT2D eigenvalue weighted by Crippen LogP contribution is 2.28. The molecule has 4 heteroatoms. The Balaban J connectivity index is 1.73. The largest absolute Gasteiger partial charge is 0.375 e. The average Bonchev–Trinajstić information content (AvgIpc) is 3.06. The summed E-state index contributed by atoms with van der Waals surface area (Å²) < 4.78 is 7.78. The van der Waals surface area contributed by atoms with Gasteiger partial charge < -0.3 is 4.74 Å². The van der Waals surface area contributed by atoms with E-state index in [4.69, 9.17) is 4.74 Å². The quantitative estimate of drug-likeness (QED) is 0.844. The molecule has 1 atom stereocenters. The van der Waals surface area contributed by atoms with Crippen LogP contribution in [0, 0.1) is 0 Å². The van der Waals surface area contributed by atoms with Gasteiger partial charge in [0.2, 0.25) is 0 Å². The molecule has 23 heavy (non-hydrogen) atoms. The molecule has 1 aliphatic heterocycles. The van der Waals surface area contributed by atoms with Crippen LogP contribution >= 0.6 is 0 Å². The van der Waals surface area contributed by atoms with E-state index in [0.717, 1.165) is 38.2 Å². The molecule has 1 aromatic heterocycles. The number of hydrogen-bond donors (Lipinski definition) is 0. The van der Waals surface area contributed by atoms with Gasteiger partial charge in [-0.25, -0.2) is 4.68 Å². The number of hydrogen-bond acceptors (Lipinski definition) is 3. The fraction of sp³-hybridized carbons (Fsp3) is 0.526. The smallest absolute Gasteiger partial charge is 0.0648 e. The van der Waals surface area contributed by atoms with Gasteiger partial charge >= 0.3 is 0 Å². The predicted molar refractivity (Wildman–Crippen MR) is 92.7 cm³/mol. The molecule has 0 aliphatic carbocycles. The second-order valence-electron chi connectivity index (χ2n) is 6.94. The van der Waals surface area contributed by atoms with Crippen LogP contribution in [-0.4, -0.2) is 39.5 Å². The van der Waals surface area contributed by atoms with Crippen LogP contribution in [0.3, 0.4) is 0 Å². The first-order valence-corrected chi connectivity index (χ1v) is 8.54. The molecule has 2 heterocycles. The molecule has 0 amide bonds. The molecule has 1 aliphatic rings. The van der Waals surface area contributed by atoms with E-state index in [9.17, 15) is 0 Å². The molecule has 3 rings (SSSR count). The monoisotopic (exact) mass is 313 g/mol. The van der Waals surface area contributed by atoms with Gasteiger partial charge in [0, 0.05) is 31.6 Å². The molecule has 1 saturated heterocycles. The molecule has 0 bridgehead atoms. The Labute approximate surface area is 139 Å². The van der Waals surface area contributed by atoms with Crippen molar-refractivity contribution in [2.75, 3.05) is 13.2 Å². The van der Waals surface area contributed by atoms with Crippen LogP contribution < -0.4 is 0 Å². The highest BCUT2D eigenvalue weighted by Gasteiger charge is 2.31. The fourth-order valence-electron chi connectivity index (χ4n) is 3.46. The van der Waals surface area contributed by atoms with E-state index in [2.05, 4.69) is 55.0 Å². The van der Waals surface area contributed by atoms with Crippen molar-refractivity contribution in [2.45, 2.75) is 51.8 Å². The highest BCUT2D eigenvalue weighted by molar-refractivity contribution is 5.35. The summed E-state index contributed by atoms with van der Waals surface area (Å²) in [6, 6.07) is 11.2. The van der Waals surface area contributed by atoms with Gasteiger partial charge in [0.1, 0.15) is 0 Å². The van der Waals surface area contributed by atoms with Crippen LogP contribution in [0.1, 0.15) is 39.2 Å².